The van der Waals surface area contributed by atoms with Crippen LogP contribution in [0.1, 0.15) is 33.7 Å². The van der Waals surface area contributed by atoms with Crippen LogP contribution in [0.5, 0.6) is 0 Å². The Morgan fingerprint density at radius 3 is 2.83 bits per heavy atom. The molecule has 1 amide bonds. The van der Waals surface area contributed by atoms with Gasteiger partial charge in [-0.2, -0.15) is 5.10 Å². The summed E-state index contributed by atoms with van der Waals surface area (Å²) >= 11 is 0. The highest BCUT2D eigenvalue weighted by atomic mass is 16.5. The smallest absolute Gasteiger partial charge is 0.251 e. The fourth-order valence-corrected chi connectivity index (χ4v) is 2.55. The van der Waals surface area contributed by atoms with Crippen LogP contribution in [0.3, 0.4) is 0 Å². The van der Waals surface area contributed by atoms with Gasteiger partial charge in [0.15, 0.2) is 0 Å². The number of aliphatic hydroxyl groups is 1. The van der Waals surface area contributed by atoms with Gasteiger partial charge in [-0.3, -0.25) is 9.48 Å². The minimum atomic E-state index is -0.562. The summed E-state index contributed by atoms with van der Waals surface area (Å²) in [6.45, 7) is 5.29. The summed E-state index contributed by atoms with van der Waals surface area (Å²) < 4.78 is 6.78. The van der Waals surface area contributed by atoms with Gasteiger partial charge < -0.3 is 15.2 Å². The van der Waals surface area contributed by atoms with Crippen molar-refractivity contribution in [2.45, 2.75) is 32.9 Å². The van der Waals surface area contributed by atoms with Gasteiger partial charge in [0.1, 0.15) is 0 Å². The van der Waals surface area contributed by atoms with Gasteiger partial charge in [-0.25, -0.2) is 0 Å². The van der Waals surface area contributed by atoms with Crippen molar-refractivity contribution in [3.8, 4) is 0 Å². The lowest BCUT2D eigenvalue weighted by Gasteiger charge is -2.11. The van der Waals surface area contributed by atoms with Crippen molar-refractivity contribution in [2.24, 2.45) is 0 Å². The van der Waals surface area contributed by atoms with Crippen molar-refractivity contribution in [3.05, 3.63) is 52.8 Å². The molecular formula is C18H25N3O3. The Labute approximate surface area is 142 Å². The summed E-state index contributed by atoms with van der Waals surface area (Å²) in [5, 5.41) is 16.8. The maximum Gasteiger partial charge on any atom is 0.251 e. The first-order valence-corrected chi connectivity index (χ1v) is 8.05. The molecule has 130 valence electrons. The second kappa shape index (κ2) is 8.61. The number of benzene rings is 1. The van der Waals surface area contributed by atoms with Gasteiger partial charge in [0.25, 0.3) is 5.91 Å². The number of carbonyl (C=O) groups excluding carboxylic acids is 1. The van der Waals surface area contributed by atoms with E-state index in [1.807, 2.05) is 42.8 Å². The quantitative estimate of drug-likeness (QED) is 0.771. The number of rotatable bonds is 8. The average Bonchev–Trinajstić information content (AvgIpc) is 2.85. The summed E-state index contributed by atoms with van der Waals surface area (Å²) in [5.41, 5.74) is 3.70. The molecule has 0 saturated heterocycles. The SMILES string of the molecule is COCC(O)CCNC(=O)c1cccc(Cn2nc(C)cc2C)c1. The first-order valence-electron chi connectivity index (χ1n) is 8.05. The number of nitrogens with zero attached hydrogens (tertiary/aromatic N) is 2. The number of amides is 1. The Hall–Kier alpha value is -2.18. The molecule has 1 heterocycles. The van der Waals surface area contributed by atoms with Crippen LogP contribution < -0.4 is 5.32 Å². The average molecular weight is 331 g/mol. The van der Waals surface area contributed by atoms with Crippen LogP contribution in [0.25, 0.3) is 0 Å². The number of ether oxygens (including phenoxy) is 1. The van der Waals surface area contributed by atoms with Gasteiger partial charge >= 0.3 is 0 Å². The van der Waals surface area contributed by atoms with E-state index in [9.17, 15) is 9.90 Å². The third-order valence-electron chi connectivity index (χ3n) is 3.75. The number of aliphatic hydroxyl groups excluding tert-OH is 1. The normalized spacial score (nSPS) is 12.2. The molecule has 0 aliphatic rings. The van der Waals surface area contributed by atoms with Crippen molar-refractivity contribution >= 4 is 5.91 Å². The van der Waals surface area contributed by atoms with Crippen molar-refractivity contribution < 1.29 is 14.6 Å². The van der Waals surface area contributed by atoms with Crippen LogP contribution >= 0.6 is 0 Å². The van der Waals surface area contributed by atoms with Crippen LogP contribution in [0.2, 0.25) is 0 Å². The number of methoxy groups -OCH3 is 1. The zero-order valence-corrected chi connectivity index (χ0v) is 14.5. The standard InChI is InChI=1S/C18H25N3O3/c1-13-9-14(2)21(20-13)11-15-5-4-6-16(10-15)18(23)19-8-7-17(22)12-24-3/h4-6,9-10,17,22H,7-8,11-12H2,1-3H3,(H,19,23). The predicted octanol–water partition coefficient (Wildman–Crippen LogP) is 1.68. The Morgan fingerprint density at radius 1 is 1.38 bits per heavy atom. The Balaban J connectivity index is 1.94. The maximum atomic E-state index is 12.2. The summed E-state index contributed by atoms with van der Waals surface area (Å²) in [7, 11) is 1.54. The molecule has 2 N–H and O–H groups in total. The van der Waals surface area contributed by atoms with E-state index in [1.165, 1.54) is 7.11 Å². The third-order valence-corrected chi connectivity index (χ3v) is 3.75. The molecule has 0 aliphatic carbocycles. The van der Waals surface area contributed by atoms with Gasteiger partial charge in [-0.05, 0) is 44.0 Å². The first-order chi connectivity index (χ1) is 11.5. The zero-order chi connectivity index (χ0) is 17.5. The van der Waals surface area contributed by atoms with Gasteiger partial charge in [0, 0.05) is 24.9 Å². The van der Waals surface area contributed by atoms with Crippen LogP contribution in [0, 0.1) is 13.8 Å². The van der Waals surface area contributed by atoms with E-state index in [1.54, 1.807) is 6.07 Å². The second-order valence-electron chi connectivity index (χ2n) is 5.94. The number of aromatic nitrogens is 2. The van der Waals surface area contributed by atoms with Gasteiger partial charge in [-0.1, -0.05) is 12.1 Å². The molecule has 6 heteroatoms. The summed E-state index contributed by atoms with van der Waals surface area (Å²) in [5.74, 6) is -0.144. The fourth-order valence-electron chi connectivity index (χ4n) is 2.55. The van der Waals surface area contributed by atoms with Gasteiger partial charge in [-0.15, -0.1) is 0 Å². The van der Waals surface area contributed by atoms with Crippen LogP contribution in [0.4, 0.5) is 0 Å². The maximum absolute atomic E-state index is 12.2. The van der Waals surface area contributed by atoms with Crippen molar-refractivity contribution in [1.82, 2.24) is 15.1 Å². The third kappa shape index (κ3) is 5.18. The van der Waals surface area contributed by atoms with Crippen molar-refractivity contribution in [2.75, 3.05) is 20.3 Å². The molecule has 6 nitrogen and oxygen atoms in total. The lowest BCUT2D eigenvalue weighted by molar-refractivity contribution is 0.0587. The molecule has 1 aromatic heterocycles. The molecule has 1 unspecified atom stereocenters. The van der Waals surface area contributed by atoms with Crippen molar-refractivity contribution in [1.29, 1.82) is 0 Å². The minimum Gasteiger partial charge on any atom is -0.391 e. The van der Waals surface area contributed by atoms with E-state index in [-0.39, 0.29) is 12.5 Å². The minimum absolute atomic E-state index is 0.144. The molecule has 1 atom stereocenters. The molecule has 1 aromatic carbocycles. The van der Waals surface area contributed by atoms with Crippen LogP contribution in [-0.2, 0) is 11.3 Å². The van der Waals surface area contributed by atoms with E-state index >= 15 is 0 Å². The number of aryl methyl sites for hydroxylation is 2. The topological polar surface area (TPSA) is 76.4 Å². The second-order valence-corrected chi connectivity index (χ2v) is 5.94. The highest BCUT2D eigenvalue weighted by Gasteiger charge is 2.09. The number of hydrogen-bond donors (Lipinski definition) is 2. The van der Waals surface area contributed by atoms with Gasteiger partial charge in [0.05, 0.1) is 24.9 Å². The molecule has 0 radical (unpaired) electrons. The Morgan fingerprint density at radius 2 is 2.17 bits per heavy atom. The number of nitrogens with one attached hydrogen (secondary N) is 1. The van der Waals surface area contributed by atoms with E-state index in [2.05, 4.69) is 10.4 Å². The molecule has 0 saturated carbocycles. The molecule has 24 heavy (non-hydrogen) atoms. The highest BCUT2D eigenvalue weighted by molar-refractivity contribution is 5.94. The molecule has 0 bridgehead atoms. The van der Waals surface area contributed by atoms with E-state index < -0.39 is 6.10 Å². The summed E-state index contributed by atoms with van der Waals surface area (Å²) in [4.78, 5) is 12.2. The van der Waals surface area contributed by atoms with E-state index in [0.29, 0.717) is 25.1 Å². The monoisotopic (exact) mass is 331 g/mol. The number of carbonyl (C=O) groups is 1. The fraction of sp³-hybridized carbons (Fsp3) is 0.444. The van der Waals surface area contributed by atoms with Gasteiger partial charge in [0.2, 0.25) is 0 Å². The Kier molecular flexibility index (Phi) is 6.52. The lowest BCUT2D eigenvalue weighted by atomic mass is 10.1. The first kappa shape index (κ1) is 18.2. The molecule has 0 spiro atoms. The molecule has 2 aromatic rings. The zero-order valence-electron chi connectivity index (χ0n) is 14.5. The summed E-state index contributed by atoms with van der Waals surface area (Å²) in [6, 6.07) is 9.54. The molecular weight excluding hydrogens is 306 g/mol. The van der Waals surface area contributed by atoms with Crippen molar-refractivity contribution in [3.63, 3.8) is 0 Å². The predicted molar refractivity (Wildman–Crippen MR) is 92.1 cm³/mol. The van der Waals surface area contributed by atoms with E-state index in [0.717, 1.165) is 17.0 Å². The van der Waals surface area contributed by atoms with Crippen LogP contribution in [0.15, 0.2) is 30.3 Å². The molecule has 2 rings (SSSR count). The highest BCUT2D eigenvalue weighted by Crippen LogP contribution is 2.10. The molecule has 0 fully saturated rings. The van der Waals surface area contributed by atoms with Crippen LogP contribution in [-0.4, -0.2) is 47.2 Å². The molecule has 0 aliphatic heterocycles. The largest absolute Gasteiger partial charge is 0.391 e. The number of hydrogen-bond acceptors (Lipinski definition) is 4. The van der Waals surface area contributed by atoms with E-state index in [4.69, 9.17) is 4.74 Å². The lowest BCUT2D eigenvalue weighted by Crippen LogP contribution is -2.28. The summed E-state index contributed by atoms with van der Waals surface area (Å²) in [6.07, 6.45) is -0.0990. The Bertz CT molecular complexity index is 682.